The molecule has 1 saturated carbocycles. The third kappa shape index (κ3) is 4.75. The molecule has 0 bridgehead atoms. The molecule has 0 saturated heterocycles. The predicted octanol–water partition coefficient (Wildman–Crippen LogP) is 3.64. The molecule has 8 heteroatoms. The smallest absolute Gasteiger partial charge is 0.280 e. The highest BCUT2D eigenvalue weighted by atomic mass is 19.3. The van der Waals surface area contributed by atoms with Gasteiger partial charge in [-0.15, -0.1) is 0 Å². The second-order valence-corrected chi connectivity index (χ2v) is 6.97. The van der Waals surface area contributed by atoms with Crippen LogP contribution in [0.4, 0.5) is 14.6 Å². The summed E-state index contributed by atoms with van der Waals surface area (Å²) >= 11 is 0. The Morgan fingerprint density at radius 1 is 1.30 bits per heavy atom. The number of rotatable bonds is 6. The van der Waals surface area contributed by atoms with Gasteiger partial charge in [0.15, 0.2) is 0 Å². The monoisotopic (exact) mass is 376 g/mol. The van der Waals surface area contributed by atoms with Crippen molar-refractivity contribution in [2.24, 2.45) is 5.92 Å². The van der Waals surface area contributed by atoms with Crippen LogP contribution < -0.4 is 10.9 Å². The molecule has 144 valence electrons. The van der Waals surface area contributed by atoms with E-state index in [1.54, 1.807) is 12.3 Å². The standard InChI is InChI=1S/C19H22F2N4O2/c1-12-6-7-16(22-10-12)24-19(27)15(8-13-4-2-3-5-13)25-11-23-14(18(20)21)9-17(25)26/h6-7,9-11,13,15,18H,2-5,8H2,1H3,(H,22,24,27)/t15-/m0/s1. The van der Waals surface area contributed by atoms with E-state index in [4.69, 9.17) is 0 Å². The number of anilines is 1. The zero-order valence-electron chi connectivity index (χ0n) is 15.1. The van der Waals surface area contributed by atoms with Crippen molar-refractivity contribution in [3.05, 3.63) is 52.3 Å². The van der Waals surface area contributed by atoms with Crippen LogP contribution in [-0.2, 0) is 4.79 Å². The quantitative estimate of drug-likeness (QED) is 0.835. The molecule has 0 unspecified atom stereocenters. The first-order chi connectivity index (χ1) is 12.9. The van der Waals surface area contributed by atoms with E-state index in [0.29, 0.717) is 18.2 Å². The number of aromatic nitrogens is 3. The van der Waals surface area contributed by atoms with Crippen molar-refractivity contribution >= 4 is 11.7 Å². The van der Waals surface area contributed by atoms with Gasteiger partial charge < -0.3 is 5.32 Å². The summed E-state index contributed by atoms with van der Waals surface area (Å²) in [6, 6.07) is 3.48. The van der Waals surface area contributed by atoms with Crippen LogP contribution in [0.25, 0.3) is 0 Å². The normalized spacial score (nSPS) is 15.9. The zero-order chi connectivity index (χ0) is 19.4. The van der Waals surface area contributed by atoms with Gasteiger partial charge in [-0.2, -0.15) is 0 Å². The minimum absolute atomic E-state index is 0.313. The van der Waals surface area contributed by atoms with Gasteiger partial charge in [-0.1, -0.05) is 31.7 Å². The molecule has 1 amide bonds. The lowest BCUT2D eigenvalue weighted by Crippen LogP contribution is -2.35. The van der Waals surface area contributed by atoms with Crippen LogP contribution in [0.1, 0.15) is 55.8 Å². The van der Waals surface area contributed by atoms with Gasteiger partial charge >= 0.3 is 0 Å². The Labute approximate surface area is 155 Å². The van der Waals surface area contributed by atoms with Crippen LogP contribution in [0, 0.1) is 12.8 Å². The number of alkyl halides is 2. The molecule has 1 aliphatic rings. The van der Waals surface area contributed by atoms with Gasteiger partial charge in [-0.25, -0.2) is 18.7 Å². The summed E-state index contributed by atoms with van der Waals surface area (Å²) < 4.78 is 26.7. The van der Waals surface area contributed by atoms with E-state index in [2.05, 4.69) is 15.3 Å². The van der Waals surface area contributed by atoms with Gasteiger partial charge in [-0.05, 0) is 30.9 Å². The summed E-state index contributed by atoms with van der Waals surface area (Å²) in [7, 11) is 0. The molecule has 0 spiro atoms. The summed E-state index contributed by atoms with van der Waals surface area (Å²) in [5.41, 5.74) is -0.287. The fraction of sp³-hybridized carbons (Fsp3) is 0.474. The Kier molecular flexibility index (Phi) is 5.93. The highest BCUT2D eigenvalue weighted by Crippen LogP contribution is 2.32. The molecular weight excluding hydrogens is 354 g/mol. The Morgan fingerprint density at radius 2 is 2.04 bits per heavy atom. The number of hydrogen-bond acceptors (Lipinski definition) is 4. The highest BCUT2D eigenvalue weighted by molar-refractivity contribution is 5.92. The predicted molar refractivity (Wildman–Crippen MR) is 96.7 cm³/mol. The molecule has 27 heavy (non-hydrogen) atoms. The van der Waals surface area contributed by atoms with Crippen LogP contribution in [0.5, 0.6) is 0 Å². The first-order valence-corrected chi connectivity index (χ1v) is 9.04. The molecule has 1 atom stereocenters. The topological polar surface area (TPSA) is 76.9 Å². The number of pyridine rings is 1. The first-order valence-electron chi connectivity index (χ1n) is 9.04. The van der Waals surface area contributed by atoms with E-state index in [1.807, 2.05) is 13.0 Å². The van der Waals surface area contributed by atoms with Gasteiger partial charge in [0, 0.05) is 12.3 Å². The number of carbonyl (C=O) groups excluding carboxylic acids is 1. The molecule has 1 aliphatic carbocycles. The average Bonchev–Trinajstić information content (AvgIpc) is 3.15. The molecule has 0 radical (unpaired) electrons. The Balaban J connectivity index is 1.87. The Bertz CT molecular complexity index is 846. The lowest BCUT2D eigenvalue weighted by atomic mass is 9.97. The number of amides is 1. The molecule has 2 aromatic rings. The molecule has 0 aromatic carbocycles. The maximum Gasteiger partial charge on any atom is 0.280 e. The maximum atomic E-state index is 12.9. The molecule has 2 heterocycles. The molecule has 1 fully saturated rings. The third-order valence-corrected chi connectivity index (χ3v) is 4.91. The molecule has 1 N–H and O–H groups in total. The third-order valence-electron chi connectivity index (χ3n) is 4.91. The van der Waals surface area contributed by atoms with Gasteiger partial charge in [0.2, 0.25) is 5.91 Å². The van der Waals surface area contributed by atoms with Crippen LogP contribution in [-0.4, -0.2) is 20.4 Å². The summed E-state index contributed by atoms with van der Waals surface area (Å²) in [6.07, 6.45) is 4.48. The fourth-order valence-electron chi connectivity index (χ4n) is 3.44. The average molecular weight is 376 g/mol. The summed E-state index contributed by atoms with van der Waals surface area (Å²) in [4.78, 5) is 33.0. The van der Waals surface area contributed by atoms with E-state index in [9.17, 15) is 18.4 Å². The van der Waals surface area contributed by atoms with Crippen LogP contribution in [0.2, 0.25) is 0 Å². The van der Waals surface area contributed by atoms with E-state index >= 15 is 0 Å². The summed E-state index contributed by atoms with van der Waals surface area (Å²) in [6.45, 7) is 1.89. The number of nitrogens with one attached hydrogen (secondary N) is 1. The van der Waals surface area contributed by atoms with Crippen LogP contribution in [0.15, 0.2) is 35.5 Å². The number of nitrogens with zero attached hydrogens (tertiary/aromatic N) is 3. The Morgan fingerprint density at radius 3 is 2.63 bits per heavy atom. The van der Waals surface area contributed by atoms with Gasteiger partial charge in [0.25, 0.3) is 12.0 Å². The van der Waals surface area contributed by atoms with Gasteiger partial charge in [0.05, 0.1) is 6.33 Å². The molecule has 0 aliphatic heterocycles. The highest BCUT2D eigenvalue weighted by Gasteiger charge is 2.28. The Hall–Kier alpha value is -2.64. The lowest BCUT2D eigenvalue weighted by molar-refractivity contribution is -0.119. The molecule has 6 nitrogen and oxygen atoms in total. The molecule has 2 aromatic heterocycles. The number of hydrogen-bond donors (Lipinski definition) is 1. The van der Waals surface area contributed by atoms with Crippen molar-refractivity contribution in [3.8, 4) is 0 Å². The zero-order valence-corrected chi connectivity index (χ0v) is 15.1. The second-order valence-electron chi connectivity index (χ2n) is 6.97. The van der Waals surface area contributed by atoms with Crippen molar-refractivity contribution in [1.29, 1.82) is 0 Å². The van der Waals surface area contributed by atoms with Crippen molar-refractivity contribution in [1.82, 2.24) is 14.5 Å². The molecular formula is C19H22F2N4O2. The van der Waals surface area contributed by atoms with Crippen molar-refractivity contribution < 1.29 is 13.6 Å². The van der Waals surface area contributed by atoms with Crippen molar-refractivity contribution in [2.45, 2.75) is 51.5 Å². The lowest BCUT2D eigenvalue weighted by Gasteiger charge is -2.22. The summed E-state index contributed by atoms with van der Waals surface area (Å²) in [5.74, 6) is 0.299. The number of carbonyl (C=O) groups is 1. The van der Waals surface area contributed by atoms with Gasteiger partial charge in [0.1, 0.15) is 17.6 Å². The van der Waals surface area contributed by atoms with E-state index in [0.717, 1.165) is 48.2 Å². The van der Waals surface area contributed by atoms with E-state index < -0.39 is 29.6 Å². The fourth-order valence-corrected chi connectivity index (χ4v) is 3.44. The summed E-state index contributed by atoms with van der Waals surface area (Å²) in [5, 5.41) is 2.72. The van der Waals surface area contributed by atoms with Gasteiger partial charge in [-0.3, -0.25) is 14.2 Å². The first kappa shape index (κ1) is 19.1. The minimum atomic E-state index is -2.83. The second kappa shape index (κ2) is 8.37. The van der Waals surface area contributed by atoms with E-state index in [1.165, 1.54) is 0 Å². The maximum absolute atomic E-state index is 12.9. The van der Waals surface area contributed by atoms with Crippen LogP contribution in [0.3, 0.4) is 0 Å². The SMILES string of the molecule is Cc1ccc(NC(=O)[C@H](CC2CCCC2)n2cnc(C(F)F)cc2=O)nc1. The minimum Gasteiger partial charge on any atom is -0.309 e. The largest absolute Gasteiger partial charge is 0.309 e. The van der Waals surface area contributed by atoms with E-state index in [-0.39, 0.29) is 0 Å². The van der Waals surface area contributed by atoms with Crippen molar-refractivity contribution in [2.75, 3.05) is 5.32 Å². The van der Waals surface area contributed by atoms with Crippen LogP contribution >= 0.6 is 0 Å². The number of halogens is 2. The molecule has 3 rings (SSSR count). The number of aryl methyl sites for hydroxylation is 1. The van der Waals surface area contributed by atoms with Crippen molar-refractivity contribution in [3.63, 3.8) is 0 Å².